The van der Waals surface area contributed by atoms with Crippen LogP contribution in [0.4, 0.5) is 0 Å². The van der Waals surface area contributed by atoms with Gasteiger partial charge in [-0.05, 0) is 6.92 Å². The van der Waals surface area contributed by atoms with Crippen LogP contribution in [0.2, 0.25) is 0 Å². The van der Waals surface area contributed by atoms with Crippen LogP contribution in [-0.4, -0.2) is 164 Å². The number of aliphatic imine (C=N–C) groups is 1. The van der Waals surface area contributed by atoms with Gasteiger partial charge >= 0.3 is 0 Å². The molecule has 42 heavy (non-hydrogen) atoms. The lowest BCUT2D eigenvalue weighted by molar-refractivity contribution is -0.345. The molecule has 17 nitrogen and oxygen atoms in total. The topological polar surface area (TPSA) is 258 Å². The molecule has 0 aliphatic carbocycles. The highest BCUT2D eigenvalue weighted by Gasteiger charge is 2.55. The fourth-order valence-electron chi connectivity index (χ4n) is 5.50. The molecule has 3 saturated heterocycles. The molecule has 4 aliphatic rings. The maximum absolute atomic E-state index is 12.1. The molecule has 0 aromatic heterocycles. The van der Waals surface area contributed by atoms with E-state index in [9.17, 15) is 45.3 Å². The van der Waals surface area contributed by atoms with E-state index in [1.54, 1.807) is 6.92 Å². The molecule has 2 unspecified atom stereocenters. The molecule has 0 aromatic carbocycles. The van der Waals surface area contributed by atoms with Crippen LogP contribution >= 0.6 is 11.8 Å². The van der Waals surface area contributed by atoms with E-state index in [0.29, 0.717) is 5.04 Å². The predicted molar refractivity (Wildman–Crippen MR) is 141 cm³/mol. The van der Waals surface area contributed by atoms with Crippen LogP contribution in [-0.2, 0) is 33.3 Å². The van der Waals surface area contributed by atoms with Crippen LogP contribution in [0.25, 0.3) is 0 Å². The van der Waals surface area contributed by atoms with E-state index in [-0.39, 0.29) is 0 Å². The highest BCUT2D eigenvalue weighted by molar-refractivity contribution is 8.14. The van der Waals surface area contributed by atoms with Gasteiger partial charge < -0.3 is 70.1 Å². The van der Waals surface area contributed by atoms with Crippen molar-refractivity contribution in [3.8, 4) is 0 Å². The Hall–Kier alpha value is -1.52. The highest BCUT2D eigenvalue weighted by atomic mass is 32.2. The zero-order valence-electron chi connectivity index (χ0n) is 23.1. The van der Waals surface area contributed by atoms with E-state index in [2.05, 4.69) is 15.6 Å². The monoisotopic (exact) mass is 625 g/mol. The number of rotatable bonds is 9. The number of aliphatic hydroxyl groups is 7. The van der Waals surface area contributed by atoms with Crippen LogP contribution in [0.1, 0.15) is 20.8 Å². The first kappa shape index (κ1) is 33.4. The van der Waals surface area contributed by atoms with E-state index in [0.717, 1.165) is 6.92 Å². The van der Waals surface area contributed by atoms with Crippen molar-refractivity contribution in [1.29, 1.82) is 0 Å². The van der Waals surface area contributed by atoms with Crippen molar-refractivity contribution in [2.75, 3.05) is 19.8 Å². The Morgan fingerprint density at radius 2 is 1.24 bits per heavy atom. The number of carbonyl (C=O) groups excluding carboxylic acids is 2. The predicted octanol–water partition coefficient (Wildman–Crippen LogP) is -5.10. The molecule has 0 radical (unpaired) electrons. The molecule has 4 rings (SSSR count). The zero-order chi connectivity index (χ0) is 30.9. The third kappa shape index (κ3) is 6.90. The van der Waals surface area contributed by atoms with E-state index >= 15 is 0 Å². The molecule has 0 spiro atoms. The van der Waals surface area contributed by atoms with Crippen molar-refractivity contribution in [2.24, 2.45) is 4.99 Å². The Balaban J connectivity index is 1.58. The minimum absolute atomic E-state index is 0.538. The van der Waals surface area contributed by atoms with E-state index in [4.69, 9.17) is 23.7 Å². The number of hydrogen-bond donors (Lipinski definition) is 9. The molecular formula is C24H39N3O14S. The lowest BCUT2D eigenvalue weighted by Gasteiger charge is -2.49. The summed E-state index contributed by atoms with van der Waals surface area (Å²) in [6.45, 7) is 2.06. The second-order valence-corrected chi connectivity index (χ2v) is 11.8. The van der Waals surface area contributed by atoms with Crippen molar-refractivity contribution in [3.63, 3.8) is 0 Å². The van der Waals surface area contributed by atoms with Crippen molar-refractivity contribution in [2.45, 2.75) is 112 Å². The molecule has 3 fully saturated rings. The fraction of sp³-hybridized carbons (Fsp3) is 0.875. The molecule has 2 amide bonds. The average molecular weight is 626 g/mol. The lowest BCUT2D eigenvalue weighted by Crippen LogP contribution is -2.70. The van der Waals surface area contributed by atoms with Gasteiger partial charge in [-0.2, -0.15) is 0 Å². The molecule has 15 atom stereocenters. The van der Waals surface area contributed by atoms with Gasteiger partial charge in [0.1, 0.15) is 78.5 Å². The van der Waals surface area contributed by atoms with E-state index in [1.165, 1.54) is 18.7 Å². The number of hydrogen-bond acceptors (Lipinski definition) is 16. The molecule has 0 bridgehead atoms. The molecular weight excluding hydrogens is 586 g/mol. The zero-order valence-corrected chi connectivity index (χ0v) is 23.9. The van der Waals surface area contributed by atoms with Gasteiger partial charge in [-0.3, -0.25) is 14.6 Å². The van der Waals surface area contributed by atoms with Gasteiger partial charge in [-0.25, -0.2) is 0 Å². The van der Waals surface area contributed by atoms with Gasteiger partial charge in [0.05, 0.1) is 24.9 Å². The maximum Gasteiger partial charge on any atom is 0.217 e. The average Bonchev–Trinajstić information content (AvgIpc) is 3.32. The lowest BCUT2D eigenvalue weighted by atomic mass is 9.94. The Kier molecular flexibility index (Phi) is 11.2. The first-order valence-corrected chi connectivity index (χ1v) is 14.4. The molecule has 240 valence electrons. The quantitative estimate of drug-likeness (QED) is 0.116. The molecule has 0 saturated carbocycles. The van der Waals surface area contributed by atoms with Crippen molar-refractivity contribution in [1.82, 2.24) is 10.6 Å². The number of aliphatic hydroxyl groups excluding tert-OH is 7. The van der Waals surface area contributed by atoms with Crippen LogP contribution in [0.3, 0.4) is 0 Å². The first-order chi connectivity index (χ1) is 19.9. The molecule has 4 heterocycles. The number of thioether (sulfide) groups is 1. The van der Waals surface area contributed by atoms with Gasteiger partial charge in [-0.15, -0.1) is 0 Å². The van der Waals surface area contributed by atoms with Crippen molar-refractivity contribution < 1.29 is 69.0 Å². The Bertz CT molecular complexity index is 994. The van der Waals surface area contributed by atoms with E-state index in [1.807, 2.05) is 0 Å². The van der Waals surface area contributed by atoms with Crippen LogP contribution in [0.5, 0.6) is 0 Å². The van der Waals surface area contributed by atoms with Crippen LogP contribution in [0.15, 0.2) is 4.99 Å². The summed E-state index contributed by atoms with van der Waals surface area (Å²) in [7, 11) is 0. The Morgan fingerprint density at radius 3 is 1.76 bits per heavy atom. The SMILES string of the molecule is CC(=O)N[C@@H]1[C@@H](O[C@H]2[C@H](O)C3N=C(C)SC3O[C@@H]2CO)O[C@@H](CO)[C@H](O[C@@H]2O[C@H](CO)[C@@H](O)[C@H](O)[C@H]2NC(C)=O)[C@H]1O. The van der Waals surface area contributed by atoms with E-state index < -0.39 is 123 Å². The summed E-state index contributed by atoms with van der Waals surface area (Å²) < 4.78 is 29.3. The van der Waals surface area contributed by atoms with Gasteiger partial charge in [0.15, 0.2) is 12.6 Å². The van der Waals surface area contributed by atoms with Crippen molar-refractivity contribution >= 4 is 28.6 Å². The Labute approximate surface area is 245 Å². The standard InChI is InChI=1S/C24H39N3O14S/c1-7(31)25-13-17(34)16(33)10(4-28)37-22(13)40-20-11(5-29)38-23(14(18(20)35)26-8(2)32)41-21-12(6-30)39-24-15(19(21)36)27-9(3)42-24/h10-24,28-30,33-36H,4-6H2,1-3H3,(H,25,31)(H,26,32)/t10-,11+,12-,13-,14+,15?,16-,17-,18+,19-,20+,21-,22+,23-,24?/m1/s1. The number of ether oxygens (including phenoxy) is 5. The summed E-state index contributed by atoms with van der Waals surface area (Å²) >= 11 is 1.29. The number of carbonyl (C=O) groups is 2. The third-order valence-corrected chi connectivity index (χ3v) is 8.56. The van der Waals surface area contributed by atoms with Crippen LogP contribution < -0.4 is 10.6 Å². The number of amides is 2. The normalized spacial score (nSPS) is 45.6. The largest absolute Gasteiger partial charge is 0.394 e. The van der Waals surface area contributed by atoms with Gasteiger partial charge in [0.25, 0.3) is 0 Å². The second-order valence-electron chi connectivity index (χ2n) is 10.5. The van der Waals surface area contributed by atoms with Gasteiger partial charge in [0, 0.05) is 13.8 Å². The minimum atomic E-state index is -1.67. The molecule has 4 aliphatic heterocycles. The summed E-state index contributed by atoms with van der Waals surface area (Å²) in [5, 5.41) is 78.7. The summed E-state index contributed by atoms with van der Waals surface area (Å²) in [6, 6.07) is -3.44. The minimum Gasteiger partial charge on any atom is -0.394 e. The Morgan fingerprint density at radius 1 is 0.762 bits per heavy atom. The highest BCUT2D eigenvalue weighted by Crippen LogP contribution is 2.39. The fourth-order valence-corrected chi connectivity index (χ4v) is 6.58. The number of nitrogens with one attached hydrogen (secondary N) is 2. The third-order valence-electron chi connectivity index (χ3n) is 7.49. The number of fused-ring (bicyclic) bond motifs is 1. The van der Waals surface area contributed by atoms with Crippen molar-refractivity contribution in [3.05, 3.63) is 0 Å². The maximum atomic E-state index is 12.1. The molecule has 0 aromatic rings. The summed E-state index contributed by atoms with van der Waals surface area (Å²) in [4.78, 5) is 28.3. The summed E-state index contributed by atoms with van der Waals surface area (Å²) in [5.74, 6) is -1.21. The van der Waals surface area contributed by atoms with Gasteiger partial charge in [-0.1, -0.05) is 11.8 Å². The first-order valence-electron chi connectivity index (χ1n) is 13.5. The molecule has 18 heteroatoms. The van der Waals surface area contributed by atoms with Gasteiger partial charge in [0.2, 0.25) is 11.8 Å². The number of nitrogens with zero attached hydrogens (tertiary/aromatic N) is 1. The second kappa shape index (κ2) is 14.1. The summed E-state index contributed by atoms with van der Waals surface area (Å²) in [6.07, 6.45) is -15.6. The molecule has 9 N–H and O–H groups in total. The summed E-state index contributed by atoms with van der Waals surface area (Å²) in [5.41, 5.74) is -0.548. The smallest absolute Gasteiger partial charge is 0.217 e. The van der Waals surface area contributed by atoms with Crippen LogP contribution in [0, 0.1) is 0 Å².